The van der Waals surface area contributed by atoms with Gasteiger partial charge in [-0.2, -0.15) is 0 Å². The fourth-order valence-corrected chi connectivity index (χ4v) is 3.81. The van der Waals surface area contributed by atoms with Crippen molar-refractivity contribution in [2.45, 2.75) is 78.4 Å². The number of carbonyl (C=O) groups excluding carboxylic acids is 2. The minimum Gasteiger partial charge on any atom is -0.490 e. The molecular formula is C23H35NO5. The molecule has 3 atom stereocenters. The van der Waals surface area contributed by atoms with E-state index in [1.165, 1.54) is 0 Å². The van der Waals surface area contributed by atoms with Crippen molar-refractivity contribution in [3.8, 4) is 5.75 Å². The molecule has 6 heteroatoms. The molecule has 1 fully saturated rings. The molecular weight excluding hydrogens is 370 g/mol. The first-order valence-corrected chi connectivity index (χ1v) is 10.8. The zero-order chi connectivity index (χ0) is 21.4. The molecule has 2 rings (SSSR count). The van der Waals surface area contributed by atoms with Gasteiger partial charge in [-0.05, 0) is 70.6 Å². The van der Waals surface area contributed by atoms with E-state index in [2.05, 4.69) is 12.2 Å². The number of carbonyl (C=O) groups is 2. The predicted octanol–water partition coefficient (Wildman–Crippen LogP) is 4.96. The minimum absolute atomic E-state index is 0.0337. The third kappa shape index (κ3) is 5.95. The molecule has 0 bridgehead atoms. The van der Waals surface area contributed by atoms with E-state index in [1.807, 2.05) is 20.8 Å². The van der Waals surface area contributed by atoms with Crippen LogP contribution in [0.15, 0.2) is 18.2 Å². The van der Waals surface area contributed by atoms with Crippen molar-refractivity contribution >= 4 is 17.6 Å². The molecule has 1 aromatic carbocycles. The molecule has 0 spiro atoms. The number of anilines is 1. The SMILES string of the molecule is CCOC(=O)c1cc(NC(=O)[C@@]2(OCC)CCC[C@@H](C)C2)ccc1O[C@@H](C)CC. The van der Waals surface area contributed by atoms with E-state index in [0.29, 0.717) is 42.4 Å². The van der Waals surface area contributed by atoms with Crippen LogP contribution in [-0.2, 0) is 14.3 Å². The van der Waals surface area contributed by atoms with Gasteiger partial charge in [-0.15, -0.1) is 0 Å². The lowest BCUT2D eigenvalue weighted by atomic mass is 9.78. The second-order valence-electron chi connectivity index (χ2n) is 7.85. The summed E-state index contributed by atoms with van der Waals surface area (Å²) in [5.74, 6) is 0.271. The average molecular weight is 406 g/mol. The van der Waals surface area contributed by atoms with Crippen LogP contribution in [0.4, 0.5) is 5.69 Å². The molecule has 1 N–H and O–H groups in total. The zero-order valence-electron chi connectivity index (χ0n) is 18.4. The second-order valence-corrected chi connectivity index (χ2v) is 7.85. The van der Waals surface area contributed by atoms with Crippen LogP contribution in [0, 0.1) is 5.92 Å². The maximum Gasteiger partial charge on any atom is 0.341 e. The Morgan fingerprint density at radius 2 is 2.00 bits per heavy atom. The van der Waals surface area contributed by atoms with Gasteiger partial charge in [0, 0.05) is 12.3 Å². The summed E-state index contributed by atoms with van der Waals surface area (Å²) in [4.78, 5) is 25.6. The predicted molar refractivity (Wildman–Crippen MR) is 113 cm³/mol. The monoisotopic (exact) mass is 405 g/mol. The molecule has 162 valence electrons. The molecule has 1 saturated carbocycles. The summed E-state index contributed by atoms with van der Waals surface area (Å²) >= 11 is 0. The Labute approximate surface area is 174 Å². The Hall–Kier alpha value is -2.08. The average Bonchev–Trinajstić information content (AvgIpc) is 2.69. The number of amides is 1. The Kier molecular flexibility index (Phi) is 8.50. The summed E-state index contributed by atoms with van der Waals surface area (Å²) in [7, 11) is 0. The van der Waals surface area contributed by atoms with Crippen LogP contribution in [0.2, 0.25) is 0 Å². The van der Waals surface area contributed by atoms with E-state index in [0.717, 1.165) is 19.3 Å². The number of nitrogens with one attached hydrogen (secondary N) is 1. The van der Waals surface area contributed by atoms with Gasteiger partial charge in [0.05, 0.1) is 12.7 Å². The lowest BCUT2D eigenvalue weighted by molar-refractivity contribution is -0.147. The van der Waals surface area contributed by atoms with Gasteiger partial charge in [0.15, 0.2) is 0 Å². The summed E-state index contributed by atoms with van der Waals surface area (Å²) in [6, 6.07) is 5.09. The standard InChI is InChI=1S/C23H35NO5/c1-6-17(5)29-20-12-11-18(14-19(20)21(25)27-7-2)24-22(26)23(28-8-3)13-9-10-16(4)15-23/h11-12,14,16-17H,6-10,13,15H2,1-5H3,(H,24,26)/t16-,17+,23-/m1/s1. The van der Waals surface area contributed by atoms with E-state index in [9.17, 15) is 9.59 Å². The summed E-state index contributed by atoms with van der Waals surface area (Å²) < 4.78 is 17.0. The first-order chi connectivity index (χ1) is 13.8. The normalized spacial score (nSPS) is 22.6. The third-order valence-electron chi connectivity index (χ3n) is 5.43. The minimum atomic E-state index is -0.817. The van der Waals surface area contributed by atoms with Gasteiger partial charge in [0.2, 0.25) is 0 Å². The van der Waals surface area contributed by atoms with Gasteiger partial charge in [-0.25, -0.2) is 4.79 Å². The van der Waals surface area contributed by atoms with Crippen LogP contribution in [-0.4, -0.2) is 36.8 Å². The first kappa shape index (κ1) is 23.2. The summed E-state index contributed by atoms with van der Waals surface area (Å²) in [5.41, 5.74) is 0.0295. The Morgan fingerprint density at radius 1 is 1.24 bits per heavy atom. The fraction of sp³-hybridized carbons (Fsp3) is 0.652. The summed E-state index contributed by atoms with van der Waals surface area (Å²) in [6.07, 6.45) is 4.26. The Morgan fingerprint density at radius 3 is 2.62 bits per heavy atom. The number of esters is 1. The topological polar surface area (TPSA) is 73.9 Å². The van der Waals surface area contributed by atoms with Crippen LogP contribution >= 0.6 is 0 Å². The molecule has 29 heavy (non-hydrogen) atoms. The molecule has 1 aliphatic carbocycles. The number of hydrogen-bond donors (Lipinski definition) is 1. The lowest BCUT2D eigenvalue weighted by Gasteiger charge is -2.38. The van der Waals surface area contributed by atoms with Gasteiger partial charge in [0.25, 0.3) is 5.91 Å². The van der Waals surface area contributed by atoms with Crippen LogP contribution in [0.1, 0.15) is 77.1 Å². The largest absolute Gasteiger partial charge is 0.490 e. The van der Waals surface area contributed by atoms with Crippen molar-refractivity contribution in [2.24, 2.45) is 5.92 Å². The molecule has 1 aromatic rings. The highest BCUT2D eigenvalue weighted by Crippen LogP contribution is 2.36. The first-order valence-electron chi connectivity index (χ1n) is 10.8. The molecule has 1 amide bonds. The van der Waals surface area contributed by atoms with Crippen molar-refractivity contribution in [1.29, 1.82) is 0 Å². The number of benzene rings is 1. The number of ether oxygens (including phenoxy) is 3. The lowest BCUT2D eigenvalue weighted by Crippen LogP contribution is -2.48. The van der Waals surface area contributed by atoms with Crippen LogP contribution in [0.3, 0.4) is 0 Å². The van der Waals surface area contributed by atoms with Gasteiger partial charge < -0.3 is 19.5 Å². The van der Waals surface area contributed by atoms with Crippen molar-refractivity contribution < 1.29 is 23.8 Å². The summed E-state index contributed by atoms with van der Waals surface area (Å²) in [6.45, 7) is 10.5. The molecule has 0 aliphatic heterocycles. The number of hydrogen-bond acceptors (Lipinski definition) is 5. The van der Waals surface area contributed by atoms with E-state index in [4.69, 9.17) is 14.2 Å². The van der Waals surface area contributed by atoms with Crippen molar-refractivity contribution in [2.75, 3.05) is 18.5 Å². The van der Waals surface area contributed by atoms with Gasteiger partial charge in [-0.1, -0.05) is 20.3 Å². The molecule has 0 heterocycles. The highest BCUT2D eigenvalue weighted by molar-refractivity contribution is 5.99. The maximum absolute atomic E-state index is 13.2. The fourth-order valence-electron chi connectivity index (χ4n) is 3.81. The molecule has 0 aromatic heterocycles. The second kappa shape index (κ2) is 10.6. The van der Waals surface area contributed by atoms with E-state index in [-0.39, 0.29) is 18.6 Å². The Balaban J connectivity index is 2.27. The molecule has 0 saturated heterocycles. The van der Waals surface area contributed by atoms with Crippen molar-refractivity contribution in [1.82, 2.24) is 0 Å². The van der Waals surface area contributed by atoms with E-state index < -0.39 is 11.6 Å². The zero-order valence-corrected chi connectivity index (χ0v) is 18.4. The van der Waals surface area contributed by atoms with Gasteiger partial charge in [0.1, 0.15) is 16.9 Å². The molecule has 6 nitrogen and oxygen atoms in total. The highest BCUT2D eigenvalue weighted by Gasteiger charge is 2.42. The molecule has 0 radical (unpaired) electrons. The smallest absolute Gasteiger partial charge is 0.341 e. The van der Waals surface area contributed by atoms with Gasteiger partial charge >= 0.3 is 5.97 Å². The van der Waals surface area contributed by atoms with Crippen molar-refractivity contribution in [3.63, 3.8) is 0 Å². The van der Waals surface area contributed by atoms with Crippen molar-refractivity contribution in [3.05, 3.63) is 23.8 Å². The van der Waals surface area contributed by atoms with Gasteiger partial charge in [-0.3, -0.25) is 4.79 Å². The molecule has 1 aliphatic rings. The number of rotatable bonds is 9. The molecule has 0 unspecified atom stereocenters. The quantitative estimate of drug-likeness (QED) is 0.588. The van der Waals surface area contributed by atoms with Crippen LogP contribution in [0.25, 0.3) is 0 Å². The van der Waals surface area contributed by atoms with E-state index >= 15 is 0 Å². The van der Waals surface area contributed by atoms with Crippen LogP contribution in [0.5, 0.6) is 5.75 Å². The van der Waals surface area contributed by atoms with Crippen LogP contribution < -0.4 is 10.1 Å². The highest BCUT2D eigenvalue weighted by atomic mass is 16.5. The third-order valence-corrected chi connectivity index (χ3v) is 5.43. The van der Waals surface area contributed by atoms with E-state index in [1.54, 1.807) is 25.1 Å². The summed E-state index contributed by atoms with van der Waals surface area (Å²) in [5, 5.41) is 2.96. The Bertz CT molecular complexity index is 701. The maximum atomic E-state index is 13.2.